The molecule has 4 rings (SSSR count). The van der Waals surface area contributed by atoms with Gasteiger partial charge >= 0.3 is 0 Å². The molecule has 0 spiro atoms. The molecular formula is C21H18N6O3. The molecular weight excluding hydrogens is 384 g/mol. The third kappa shape index (κ3) is 3.55. The second-order valence-corrected chi connectivity index (χ2v) is 6.42. The Balaban J connectivity index is 1.52. The topological polar surface area (TPSA) is 111 Å². The predicted molar refractivity (Wildman–Crippen MR) is 110 cm³/mol. The van der Waals surface area contributed by atoms with Gasteiger partial charge < -0.3 is 0 Å². The first-order valence-electron chi connectivity index (χ1n) is 9.29. The van der Waals surface area contributed by atoms with Crippen molar-refractivity contribution in [2.45, 2.75) is 13.5 Å². The molecule has 0 aliphatic carbocycles. The molecule has 9 nitrogen and oxygen atoms in total. The van der Waals surface area contributed by atoms with E-state index in [1.165, 1.54) is 4.68 Å². The third-order valence-electron chi connectivity index (χ3n) is 4.57. The molecule has 2 N–H and O–H groups in total. The molecule has 2 heterocycles. The van der Waals surface area contributed by atoms with Crippen molar-refractivity contribution in [3.8, 4) is 5.69 Å². The predicted octanol–water partition coefficient (Wildman–Crippen LogP) is 1.68. The van der Waals surface area contributed by atoms with Gasteiger partial charge in [0.2, 0.25) is 0 Å². The average Bonchev–Trinajstić information content (AvgIpc) is 3.33. The highest BCUT2D eigenvalue weighted by atomic mass is 16.2. The van der Waals surface area contributed by atoms with Crippen LogP contribution in [-0.2, 0) is 6.54 Å². The van der Waals surface area contributed by atoms with Crippen molar-refractivity contribution in [3.05, 3.63) is 88.6 Å². The standard InChI is InChI=1S/C21H18N6O3/c1-2-26-21(30)17-7-4-3-6-16(17)18(25-26)20(29)24-23-19(28)14-8-10-15(11-9-14)27-13-5-12-22-27/h3-13H,2H2,1H3,(H,23,28)(H,24,29). The van der Waals surface area contributed by atoms with Gasteiger partial charge in [0.25, 0.3) is 17.4 Å². The van der Waals surface area contributed by atoms with E-state index in [1.54, 1.807) is 78.6 Å². The number of carbonyl (C=O) groups excluding carboxylic acids is 2. The van der Waals surface area contributed by atoms with Gasteiger partial charge in [-0.1, -0.05) is 18.2 Å². The van der Waals surface area contributed by atoms with E-state index in [0.717, 1.165) is 5.69 Å². The van der Waals surface area contributed by atoms with Crippen LogP contribution in [0.15, 0.2) is 71.8 Å². The Bertz CT molecular complexity index is 1280. The lowest BCUT2D eigenvalue weighted by atomic mass is 10.1. The summed E-state index contributed by atoms with van der Waals surface area (Å²) in [5.74, 6) is -1.10. The first-order valence-corrected chi connectivity index (χ1v) is 9.29. The lowest BCUT2D eigenvalue weighted by Crippen LogP contribution is -2.42. The number of amides is 2. The minimum Gasteiger partial charge on any atom is -0.267 e. The Kier molecular flexibility index (Phi) is 5.08. The van der Waals surface area contributed by atoms with E-state index in [0.29, 0.717) is 22.9 Å². The molecule has 2 amide bonds. The number of aryl methyl sites for hydroxylation is 1. The highest BCUT2D eigenvalue weighted by molar-refractivity contribution is 6.06. The lowest BCUT2D eigenvalue weighted by molar-refractivity contribution is 0.0843. The summed E-state index contributed by atoms with van der Waals surface area (Å²) in [7, 11) is 0. The fourth-order valence-electron chi connectivity index (χ4n) is 3.05. The lowest BCUT2D eigenvalue weighted by Gasteiger charge is -2.11. The minimum absolute atomic E-state index is 0.0568. The van der Waals surface area contributed by atoms with Crippen molar-refractivity contribution in [2.75, 3.05) is 0 Å². The number of nitrogens with one attached hydrogen (secondary N) is 2. The number of fused-ring (bicyclic) bond motifs is 1. The summed E-state index contributed by atoms with van der Waals surface area (Å²) in [6, 6.07) is 15.3. The van der Waals surface area contributed by atoms with Crippen LogP contribution in [0, 0.1) is 0 Å². The van der Waals surface area contributed by atoms with Crippen LogP contribution in [0.5, 0.6) is 0 Å². The van der Waals surface area contributed by atoms with Crippen LogP contribution in [0.4, 0.5) is 0 Å². The van der Waals surface area contributed by atoms with Crippen molar-refractivity contribution in [3.63, 3.8) is 0 Å². The van der Waals surface area contributed by atoms with Crippen LogP contribution in [0.3, 0.4) is 0 Å². The van der Waals surface area contributed by atoms with Crippen LogP contribution in [0.1, 0.15) is 27.8 Å². The summed E-state index contributed by atoms with van der Waals surface area (Å²) < 4.78 is 2.88. The zero-order valence-electron chi connectivity index (χ0n) is 16.1. The molecule has 4 aromatic rings. The molecule has 9 heteroatoms. The summed E-state index contributed by atoms with van der Waals surface area (Å²) in [4.78, 5) is 37.5. The highest BCUT2D eigenvalue weighted by Gasteiger charge is 2.17. The molecule has 0 atom stereocenters. The Morgan fingerprint density at radius 3 is 2.30 bits per heavy atom. The largest absolute Gasteiger partial charge is 0.290 e. The summed E-state index contributed by atoms with van der Waals surface area (Å²) in [6.07, 6.45) is 3.46. The van der Waals surface area contributed by atoms with Crippen LogP contribution < -0.4 is 16.4 Å². The van der Waals surface area contributed by atoms with E-state index in [1.807, 2.05) is 0 Å². The van der Waals surface area contributed by atoms with Gasteiger partial charge in [-0.25, -0.2) is 9.36 Å². The Morgan fingerprint density at radius 2 is 1.63 bits per heavy atom. The van der Waals surface area contributed by atoms with Crippen LogP contribution in [0.25, 0.3) is 16.5 Å². The number of benzene rings is 2. The second-order valence-electron chi connectivity index (χ2n) is 6.42. The van der Waals surface area contributed by atoms with E-state index in [2.05, 4.69) is 21.0 Å². The molecule has 0 aliphatic rings. The summed E-state index contributed by atoms with van der Waals surface area (Å²) in [5, 5.41) is 9.08. The molecule has 0 radical (unpaired) electrons. The van der Waals surface area contributed by atoms with Gasteiger partial charge in [-0.15, -0.1) is 0 Å². The quantitative estimate of drug-likeness (QED) is 0.505. The smallest absolute Gasteiger partial charge is 0.267 e. The van der Waals surface area contributed by atoms with Crippen molar-refractivity contribution in [1.82, 2.24) is 30.4 Å². The molecule has 2 aromatic heterocycles. The van der Waals surface area contributed by atoms with E-state index in [-0.39, 0.29) is 11.3 Å². The first-order chi connectivity index (χ1) is 14.6. The van der Waals surface area contributed by atoms with E-state index in [9.17, 15) is 14.4 Å². The van der Waals surface area contributed by atoms with E-state index in [4.69, 9.17) is 0 Å². The fourth-order valence-corrected chi connectivity index (χ4v) is 3.05. The Hall–Kier alpha value is -4.27. The Labute approximate surface area is 170 Å². The molecule has 0 aliphatic heterocycles. The number of hydrogen-bond acceptors (Lipinski definition) is 5. The highest BCUT2D eigenvalue weighted by Crippen LogP contribution is 2.13. The number of hydrazine groups is 1. The van der Waals surface area contributed by atoms with Gasteiger partial charge in [-0.2, -0.15) is 10.2 Å². The maximum Gasteiger partial charge on any atom is 0.290 e. The van der Waals surface area contributed by atoms with Gasteiger partial charge in [0.05, 0.1) is 11.1 Å². The van der Waals surface area contributed by atoms with Crippen LogP contribution in [0.2, 0.25) is 0 Å². The maximum absolute atomic E-state index is 12.7. The second kappa shape index (κ2) is 8.00. The number of rotatable bonds is 4. The molecule has 30 heavy (non-hydrogen) atoms. The number of carbonyl (C=O) groups is 2. The zero-order chi connectivity index (χ0) is 21.1. The Morgan fingerprint density at radius 1 is 0.933 bits per heavy atom. The maximum atomic E-state index is 12.7. The SMILES string of the molecule is CCn1nc(C(=O)NNC(=O)c2ccc(-n3cccn3)cc2)c2ccccc2c1=O. The normalized spacial score (nSPS) is 10.7. The molecule has 0 saturated heterocycles. The molecule has 0 saturated carbocycles. The summed E-state index contributed by atoms with van der Waals surface area (Å²) >= 11 is 0. The number of hydrogen-bond donors (Lipinski definition) is 2. The average molecular weight is 402 g/mol. The molecule has 0 bridgehead atoms. The van der Waals surface area contributed by atoms with Crippen molar-refractivity contribution in [2.24, 2.45) is 0 Å². The van der Waals surface area contributed by atoms with Gasteiger partial charge in [0.15, 0.2) is 5.69 Å². The zero-order valence-corrected chi connectivity index (χ0v) is 16.1. The molecule has 0 unspecified atom stereocenters. The van der Waals surface area contributed by atoms with E-state index < -0.39 is 11.8 Å². The molecule has 2 aromatic carbocycles. The fraction of sp³-hybridized carbons (Fsp3) is 0.0952. The van der Waals surface area contributed by atoms with Gasteiger partial charge in [-0.3, -0.25) is 25.2 Å². The van der Waals surface area contributed by atoms with Gasteiger partial charge in [0, 0.05) is 29.9 Å². The number of nitrogens with zero attached hydrogens (tertiary/aromatic N) is 4. The third-order valence-corrected chi connectivity index (χ3v) is 4.57. The van der Waals surface area contributed by atoms with E-state index >= 15 is 0 Å². The van der Waals surface area contributed by atoms with Gasteiger partial charge in [-0.05, 0) is 43.3 Å². The first kappa shape index (κ1) is 19.1. The molecule has 150 valence electrons. The number of aromatic nitrogens is 4. The van der Waals surface area contributed by atoms with Crippen molar-refractivity contribution in [1.29, 1.82) is 0 Å². The van der Waals surface area contributed by atoms with Crippen molar-refractivity contribution >= 4 is 22.6 Å². The minimum atomic E-state index is -0.616. The summed E-state index contributed by atoms with van der Waals surface area (Å²) in [6.45, 7) is 2.08. The van der Waals surface area contributed by atoms with Gasteiger partial charge in [0.1, 0.15) is 0 Å². The van der Waals surface area contributed by atoms with Crippen LogP contribution >= 0.6 is 0 Å². The van der Waals surface area contributed by atoms with Crippen LogP contribution in [-0.4, -0.2) is 31.4 Å². The monoisotopic (exact) mass is 402 g/mol. The van der Waals surface area contributed by atoms with Crippen molar-refractivity contribution < 1.29 is 9.59 Å². The summed E-state index contributed by atoms with van der Waals surface area (Å²) in [5.41, 5.74) is 5.70. The molecule has 0 fully saturated rings.